The van der Waals surface area contributed by atoms with Crippen molar-refractivity contribution in [3.63, 3.8) is 0 Å². The number of rotatable bonds is 4. The molecule has 0 heterocycles. The largest absolute Gasteiger partial charge is 0.479 e. The smallest absolute Gasteiger partial charge is 0.337 e. The number of carbonyl (C=O) groups is 2. The minimum absolute atomic E-state index is 0.183. The Balaban J connectivity index is 2.56. The molecule has 0 aromatic heterocycles. The summed E-state index contributed by atoms with van der Waals surface area (Å²) in [5.41, 5.74) is -1.73. The summed E-state index contributed by atoms with van der Waals surface area (Å²) < 4.78 is 13.1. The number of hydrogen-bond donors (Lipinski definition) is 4. The first-order valence-corrected chi connectivity index (χ1v) is 5.97. The Hall–Kier alpha value is -1.67. The molecule has 0 saturated carbocycles. The van der Waals surface area contributed by atoms with Crippen LogP contribution in [0.5, 0.6) is 0 Å². The molecule has 1 rings (SSSR count). The lowest BCUT2D eigenvalue weighted by Crippen LogP contribution is -2.47. The second-order valence-corrected chi connectivity index (χ2v) is 4.87. The van der Waals surface area contributed by atoms with E-state index in [9.17, 15) is 19.1 Å². The Bertz CT molecular complexity index is 507. The number of halogens is 2. The van der Waals surface area contributed by atoms with Gasteiger partial charge in [-0.2, -0.15) is 0 Å². The molecule has 1 aromatic rings. The second kappa shape index (κ2) is 5.98. The summed E-state index contributed by atoms with van der Waals surface area (Å²) in [5, 5.41) is 22.6. The first kappa shape index (κ1) is 15.4. The van der Waals surface area contributed by atoms with Gasteiger partial charge < -0.3 is 20.8 Å². The standard InChI is InChI=1S/C11H12BrFN2O4/c1-11(19,9(16)17)5-14-10(18)15-6-2-3-8(13)7(12)4-6/h2-4,19H,5H2,1H3,(H,16,17)(H2,14,15,18). The van der Waals surface area contributed by atoms with Crippen LogP contribution >= 0.6 is 15.9 Å². The number of carbonyl (C=O) groups excluding carboxylic acids is 1. The van der Waals surface area contributed by atoms with Crippen LogP contribution in [-0.4, -0.2) is 34.4 Å². The quantitative estimate of drug-likeness (QED) is 0.671. The van der Waals surface area contributed by atoms with Crippen LogP contribution in [0.4, 0.5) is 14.9 Å². The van der Waals surface area contributed by atoms with E-state index in [4.69, 9.17) is 5.11 Å². The highest BCUT2D eigenvalue weighted by atomic mass is 79.9. The molecule has 6 nitrogen and oxygen atoms in total. The fourth-order valence-electron chi connectivity index (χ4n) is 1.08. The molecule has 1 aromatic carbocycles. The van der Waals surface area contributed by atoms with Gasteiger partial charge in [-0.3, -0.25) is 0 Å². The lowest BCUT2D eigenvalue weighted by molar-refractivity contribution is -0.155. The molecule has 1 unspecified atom stereocenters. The monoisotopic (exact) mass is 334 g/mol. The molecule has 0 fully saturated rings. The first-order chi connectivity index (χ1) is 8.72. The van der Waals surface area contributed by atoms with Gasteiger partial charge in [0.25, 0.3) is 0 Å². The van der Waals surface area contributed by atoms with Gasteiger partial charge in [0.2, 0.25) is 0 Å². The zero-order chi connectivity index (χ0) is 14.6. The zero-order valence-electron chi connectivity index (χ0n) is 9.91. The summed E-state index contributed by atoms with van der Waals surface area (Å²) in [6.07, 6.45) is 0. The van der Waals surface area contributed by atoms with E-state index >= 15 is 0 Å². The van der Waals surface area contributed by atoms with Gasteiger partial charge >= 0.3 is 12.0 Å². The molecular weight excluding hydrogens is 323 g/mol. The summed E-state index contributed by atoms with van der Waals surface area (Å²) in [4.78, 5) is 22.0. The Morgan fingerprint density at radius 3 is 2.63 bits per heavy atom. The number of urea groups is 1. The number of hydrogen-bond acceptors (Lipinski definition) is 3. The van der Waals surface area contributed by atoms with Crippen LogP contribution in [0, 0.1) is 5.82 Å². The van der Waals surface area contributed by atoms with Crippen LogP contribution in [0.3, 0.4) is 0 Å². The van der Waals surface area contributed by atoms with Gasteiger partial charge in [-0.25, -0.2) is 14.0 Å². The van der Waals surface area contributed by atoms with Gasteiger partial charge in [0, 0.05) is 5.69 Å². The molecule has 0 aliphatic carbocycles. The molecule has 2 amide bonds. The van der Waals surface area contributed by atoms with E-state index in [0.717, 1.165) is 13.0 Å². The van der Waals surface area contributed by atoms with E-state index in [1.807, 2.05) is 0 Å². The molecule has 8 heteroatoms. The molecule has 0 bridgehead atoms. The van der Waals surface area contributed by atoms with Gasteiger partial charge in [-0.05, 0) is 41.1 Å². The number of carboxylic acid groups (broad SMARTS) is 1. The van der Waals surface area contributed by atoms with Crippen LogP contribution in [0.25, 0.3) is 0 Å². The zero-order valence-corrected chi connectivity index (χ0v) is 11.5. The number of carboxylic acids is 1. The summed E-state index contributed by atoms with van der Waals surface area (Å²) in [6, 6.07) is 3.15. The molecule has 0 saturated heterocycles. The Kier molecular flexibility index (Phi) is 4.84. The van der Waals surface area contributed by atoms with Crippen molar-refractivity contribution < 1.29 is 24.2 Å². The van der Waals surface area contributed by atoms with Crippen molar-refractivity contribution in [3.8, 4) is 0 Å². The lowest BCUT2D eigenvalue weighted by Gasteiger charge is -2.18. The number of amides is 2. The van der Waals surface area contributed by atoms with Gasteiger partial charge in [-0.1, -0.05) is 0 Å². The summed E-state index contributed by atoms with van der Waals surface area (Å²) in [5.74, 6) is -1.92. The van der Waals surface area contributed by atoms with E-state index in [0.29, 0.717) is 5.69 Å². The van der Waals surface area contributed by atoms with Crippen molar-refractivity contribution >= 4 is 33.6 Å². The molecule has 4 N–H and O–H groups in total. The predicted molar refractivity (Wildman–Crippen MR) is 69.4 cm³/mol. The number of aliphatic carboxylic acids is 1. The van der Waals surface area contributed by atoms with Crippen molar-refractivity contribution in [2.75, 3.05) is 11.9 Å². The normalized spacial score (nSPS) is 13.5. The summed E-state index contributed by atoms with van der Waals surface area (Å²) in [6.45, 7) is 0.598. The maximum absolute atomic E-state index is 13.0. The van der Waals surface area contributed by atoms with E-state index in [2.05, 4.69) is 26.6 Å². The van der Waals surface area contributed by atoms with E-state index in [1.165, 1.54) is 12.1 Å². The van der Waals surface area contributed by atoms with Crippen molar-refractivity contribution in [1.82, 2.24) is 5.32 Å². The van der Waals surface area contributed by atoms with Crippen LogP contribution in [0.2, 0.25) is 0 Å². The third kappa shape index (κ3) is 4.49. The van der Waals surface area contributed by atoms with Gasteiger partial charge in [0.15, 0.2) is 5.60 Å². The summed E-state index contributed by atoms with van der Waals surface area (Å²) in [7, 11) is 0. The van der Waals surface area contributed by atoms with Crippen LogP contribution < -0.4 is 10.6 Å². The maximum Gasteiger partial charge on any atom is 0.337 e. The number of nitrogens with one attached hydrogen (secondary N) is 2. The number of aliphatic hydroxyl groups is 1. The van der Waals surface area contributed by atoms with E-state index in [1.54, 1.807) is 0 Å². The highest BCUT2D eigenvalue weighted by Crippen LogP contribution is 2.19. The minimum atomic E-state index is -2.05. The van der Waals surface area contributed by atoms with Crippen molar-refractivity contribution in [2.45, 2.75) is 12.5 Å². The van der Waals surface area contributed by atoms with Crippen LogP contribution in [0.15, 0.2) is 22.7 Å². The fraction of sp³-hybridized carbons (Fsp3) is 0.273. The molecule has 0 spiro atoms. The summed E-state index contributed by atoms with van der Waals surface area (Å²) >= 11 is 2.96. The molecular formula is C11H12BrFN2O4. The molecule has 0 radical (unpaired) electrons. The van der Waals surface area contributed by atoms with Crippen molar-refractivity contribution in [2.24, 2.45) is 0 Å². The van der Waals surface area contributed by atoms with Crippen molar-refractivity contribution in [3.05, 3.63) is 28.5 Å². The van der Waals surface area contributed by atoms with Crippen LogP contribution in [0.1, 0.15) is 6.92 Å². The van der Waals surface area contributed by atoms with E-state index in [-0.39, 0.29) is 4.47 Å². The topological polar surface area (TPSA) is 98.7 Å². The van der Waals surface area contributed by atoms with Gasteiger partial charge in [-0.15, -0.1) is 0 Å². The molecule has 0 aliphatic rings. The average Bonchev–Trinajstić information content (AvgIpc) is 2.31. The highest BCUT2D eigenvalue weighted by molar-refractivity contribution is 9.10. The Labute approximate surface area is 116 Å². The number of anilines is 1. The third-order valence-corrected chi connectivity index (χ3v) is 2.84. The molecule has 1 atom stereocenters. The maximum atomic E-state index is 13.0. The lowest BCUT2D eigenvalue weighted by atomic mass is 10.1. The Morgan fingerprint density at radius 1 is 1.47 bits per heavy atom. The van der Waals surface area contributed by atoms with E-state index < -0.39 is 30.0 Å². The molecule has 104 valence electrons. The molecule has 0 aliphatic heterocycles. The van der Waals surface area contributed by atoms with Crippen molar-refractivity contribution in [1.29, 1.82) is 0 Å². The average molecular weight is 335 g/mol. The minimum Gasteiger partial charge on any atom is -0.479 e. The number of benzene rings is 1. The highest BCUT2D eigenvalue weighted by Gasteiger charge is 2.30. The van der Waals surface area contributed by atoms with Crippen LogP contribution in [-0.2, 0) is 4.79 Å². The first-order valence-electron chi connectivity index (χ1n) is 5.18. The SMILES string of the molecule is CC(O)(CNC(=O)Nc1ccc(F)c(Br)c1)C(=O)O. The Morgan fingerprint density at radius 2 is 2.11 bits per heavy atom. The van der Waals surface area contributed by atoms with Gasteiger partial charge in [0.05, 0.1) is 11.0 Å². The van der Waals surface area contributed by atoms with Gasteiger partial charge in [0.1, 0.15) is 5.82 Å². The predicted octanol–water partition coefficient (Wildman–Crippen LogP) is 1.55. The second-order valence-electron chi connectivity index (χ2n) is 4.02. The molecule has 19 heavy (non-hydrogen) atoms. The third-order valence-electron chi connectivity index (χ3n) is 2.23. The fourth-order valence-corrected chi connectivity index (χ4v) is 1.46.